The van der Waals surface area contributed by atoms with Gasteiger partial charge in [0.15, 0.2) is 0 Å². The molecule has 0 unspecified atom stereocenters. The number of anilines is 1. The molecule has 2 aromatic heterocycles. The lowest BCUT2D eigenvalue weighted by Gasteiger charge is -2.32. The molecule has 1 aliphatic heterocycles. The van der Waals surface area contributed by atoms with Gasteiger partial charge >= 0.3 is 0 Å². The van der Waals surface area contributed by atoms with Crippen molar-refractivity contribution < 1.29 is 9.90 Å². The molecule has 1 amide bonds. The van der Waals surface area contributed by atoms with Crippen LogP contribution in [-0.2, 0) is 0 Å². The van der Waals surface area contributed by atoms with Gasteiger partial charge in [-0.25, -0.2) is 4.98 Å². The van der Waals surface area contributed by atoms with E-state index >= 15 is 0 Å². The van der Waals surface area contributed by atoms with Gasteiger partial charge in [-0.3, -0.25) is 4.79 Å². The number of hydrogen-bond acceptors (Lipinski definition) is 5. The molecule has 2 atom stereocenters. The molecule has 36 heavy (non-hydrogen) atoms. The van der Waals surface area contributed by atoms with Gasteiger partial charge in [0.25, 0.3) is 5.91 Å². The van der Waals surface area contributed by atoms with Gasteiger partial charge in [-0.15, -0.1) is 0 Å². The van der Waals surface area contributed by atoms with Crippen molar-refractivity contribution in [2.24, 2.45) is 5.92 Å². The van der Waals surface area contributed by atoms with Gasteiger partial charge in [-0.1, -0.05) is 31.5 Å². The average molecular weight is 488 g/mol. The van der Waals surface area contributed by atoms with Crippen LogP contribution in [0.5, 0.6) is 0 Å². The van der Waals surface area contributed by atoms with Crippen LogP contribution in [0, 0.1) is 5.92 Å². The number of nitrogens with one attached hydrogen (secondary N) is 1. The second-order valence-electron chi connectivity index (χ2n) is 11.0. The number of hydrogen-bond donors (Lipinski definition) is 2. The Morgan fingerprint density at radius 1 is 1.08 bits per heavy atom. The minimum atomic E-state index is -0.179. The van der Waals surface area contributed by atoms with E-state index in [4.69, 9.17) is 9.97 Å². The molecule has 190 valence electrons. The van der Waals surface area contributed by atoms with Crippen molar-refractivity contribution in [3.8, 4) is 0 Å². The monoisotopic (exact) mass is 487 g/mol. The van der Waals surface area contributed by atoms with Crippen molar-refractivity contribution in [2.75, 3.05) is 18.4 Å². The Kier molecular flexibility index (Phi) is 6.42. The number of amides is 1. The molecule has 3 aliphatic rings. The number of nitrogens with zero attached hydrogens (tertiary/aromatic N) is 4. The standard InChI is InChI=1S/C29H37N5O2/c1-2-19-16-26(19)31-29-30-17-24-25(18-34(27(24)32-29)22-8-10-23(35)11-9-22)20-12-14-33(15-13-20)28(36)21-6-4-3-5-7-21/h3-7,17-20,22-23,26,35H,2,8-16H2,1H3,(H,30,31,32)/t19-,22?,23?,26-/m1/s1. The van der Waals surface area contributed by atoms with Crippen molar-refractivity contribution in [3.05, 3.63) is 53.9 Å². The highest BCUT2D eigenvalue weighted by Gasteiger charge is 2.36. The van der Waals surface area contributed by atoms with Gasteiger partial charge < -0.3 is 19.9 Å². The number of aliphatic hydroxyl groups excluding tert-OH is 1. The summed E-state index contributed by atoms with van der Waals surface area (Å²) in [5.41, 5.74) is 3.09. The lowest BCUT2D eigenvalue weighted by molar-refractivity contribution is 0.0713. The average Bonchev–Trinajstić information content (AvgIpc) is 3.58. The molecule has 3 aromatic rings. The SMILES string of the molecule is CC[C@@H]1C[C@H]1Nc1ncc2c(C3CCN(C(=O)c4ccccc4)CC3)cn(C3CCC(O)CC3)c2n1. The number of aliphatic hydroxyl groups is 1. The third-order valence-corrected chi connectivity index (χ3v) is 8.67. The Morgan fingerprint density at radius 3 is 2.53 bits per heavy atom. The van der Waals surface area contributed by atoms with Gasteiger partial charge in [0, 0.05) is 48.5 Å². The molecule has 3 heterocycles. The Balaban J connectivity index is 1.24. The van der Waals surface area contributed by atoms with E-state index in [1.54, 1.807) is 0 Å². The lowest BCUT2D eigenvalue weighted by atomic mass is 9.89. The van der Waals surface area contributed by atoms with E-state index in [0.29, 0.717) is 18.0 Å². The second kappa shape index (κ2) is 9.85. The quantitative estimate of drug-likeness (QED) is 0.503. The molecule has 2 aliphatic carbocycles. The largest absolute Gasteiger partial charge is 0.393 e. The molecule has 1 saturated heterocycles. The zero-order valence-electron chi connectivity index (χ0n) is 21.1. The molecule has 1 aromatic carbocycles. The summed E-state index contributed by atoms with van der Waals surface area (Å²) in [6, 6.07) is 10.4. The summed E-state index contributed by atoms with van der Waals surface area (Å²) in [4.78, 5) is 24.7. The normalized spacial score (nSPS) is 26.8. The molecule has 2 saturated carbocycles. The molecular formula is C29H37N5O2. The minimum Gasteiger partial charge on any atom is -0.393 e. The highest BCUT2D eigenvalue weighted by atomic mass is 16.3. The number of fused-ring (bicyclic) bond motifs is 1. The number of likely N-dealkylation sites (tertiary alicyclic amines) is 1. The molecular weight excluding hydrogens is 450 g/mol. The number of benzene rings is 1. The first-order chi connectivity index (χ1) is 17.6. The predicted octanol–water partition coefficient (Wildman–Crippen LogP) is 5.14. The molecule has 0 radical (unpaired) electrons. The molecule has 3 fully saturated rings. The van der Waals surface area contributed by atoms with Gasteiger partial charge in [-0.05, 0) is 74.5 Å². The van der Waals surface area contributed by atoms with Crippen LogP contribution in [0.3, 0.4) is 0 Å². The Morgan fingerprint density at radius 2 is 1.83 bits per heavy atom. The van der Waals surface area contributed by atoms with Crippen molar-refractivity contribution >= 4 is 22.9 Å². The highest BCUT2D eigenvalue weighted by Crippen LogP contribution is 2.39. The molecule has 0 bridgehead atoms. The molecule has 7 nitrogen and oxygen atoms in total. The number of carbonyl (C=O) groups is 1. The zero-order chi connectivity index (χ0) is 24.6. The third kappa shape index (κ3) is 4.61. The lowest BCUT2D eigenvalue weighted by Crippen LogP contribution is -2.37. The maximum atomic E-state index is 12.9. The van der Waals surface area contributed by atoms with Gasteiger partial charge in [0.1, 0.15) is 5.65 Å². The van der Waals surface area contributed by atoms with Crippen LogP contribution in [0.2, 0.25) is 0 Å². The highest BCUT2D eigenvalue weighted by molar-refractivity contribution is 5.94. The van der Waals surface area contributed by atoms with Gasteiger partial charge in [0.2, 0.25) is 5.95 Å². The van der Waals surface area contributed by atoms with E-state index in [0.717, 1.165) is 80.1 Å². The second-order valence-corrected chi connectivity index (χ2v) is 11.0. The third-order valence-electron chi connectivity index (χ3n) is 8.67. The summed E-state index contributed by atoms with van der Waals surface area (Å²) < 4.78 is 2.37. The van der Waals surface area contributed by atoms with Crippen LogP contribution in [0.1, 0.15) is 86.2 Å². The van der Waals surface area contributed by atoms with E-state index in [1.807, 2.05) is 41.4 Å². The van der Waals surface area contributed by atoms with Crippen molar-refractivity contribution in [1.82, 2.24) is 19.4 Å². The van der Waals surface area contributed by atoms with Crippen LogP contribution >= 0.6 is 0 Å². The van der Waals surface area contributed by atoms with E-state index < -0.39 is 0 Å². The first-order valence-electron chi connectivity index (χ1n) is 13.8. The summed E-state index contributed by atoms with van der Waals surface area (Å²) in [6.07, 6.45) is 12.1. The Hall–Kier alpha value is -2.93. The van der Waals surface area contributed by atoms with Crippen LogP contribution in [0.4, 0.5) is 5.95 Å². The Bertz CT molecular complexity index is 1210. The van der Waals surface area contributed by atoms with E-state index in [1.165, 1.54) is 18.4 Å². The fourth-order valence-corrected chi connectivity index (χ4v) is 6.26. The maximum Gasteiger partial charge on any atom is 0.253 e. The van der Waals surface area contributed by atoms with Gasteiger partial charge in [0.05, 0.1) is 6.10 Å². The van der Waals surface area contributed by atoms with Crippen LogP contribution in [0.25, 0.3) is 11.0 Å². The number of aromatic nitrogens is 3. The van der Waals surface area contributed by atoms with E-state index in [-0.39, 0.29) is 12.0 Å². The summed E-state index contributed by atoms with van der Waals surface area (Å²) in [5.74, 6) is 1.98. The first-order valence-corrected chi connectivity index (χ1v) is 13.8. The van der Waals surface area contributed by atoms with Crippen molar-refractivity contribution in [2.45, 2.75) is 82.4 Å². The summed E-state index contributed by atoms with van der Waals surface area (Å²) in [7, 11) is 0. The van der Waals surface area contributed by atoms with Gasteiger partial charge in [-0.2, -0.15) is 4.98 Å². The minimum absolute atomic E-state index is 0.127. The van der Waals surface area contributed by atoms with Crippen LogP contribution < -0.4 is 5.32 Å². The van der Waals surface area contributed by atoms with E-state index in [9.17, 15) is 9.90 Å². The Labute approximate surface area is 212 Å². The molecule has 7 heteroatoms. The van der Waals surface area contributed by atoms with Crippen LogP contribution in [0.15, 0.2) is 42.7 Å². The number of piperidine rings is 1. The number of carbonyl (C=O) groups excluding carboxylic acids is 1. The fourth-order valence-electron chi connectivity index (χ4n) is 6.26. The first kappa shape index (κ1) is 23.5. The fraction of sp³-hybridized carbons (Fsp3) is 0.552. The summed E-state index contributed by atoms with van der Waals surface area (Å²) in [6.45, 7) is 3.77. The molecule has 2 N–H and O–H groups in total. The molecule has 6 rings (SSSR count). The zero-order valence-corrected chi connectivity index (χ0v) is 21.1. The van der Waals surface area contributed by atoms with Crippen molar-refractivity contribution in [3.63, 3.8) is 0 Å². The van der Waals surface area contributed by atoms with Crippen LogP contribution in [-0.4, -0.2) is 55.7 Å². The predicted molar refractivity (Wildman–Crippen MR) is 141 cm³/mol. The maximum absolute atomic E-state index is 12.9. The topological polar surface area (TPSA) is 83.3 Å². The number of rotatable bonds is 6. The van der Waals surface area contributed by atoms with Crippen molar-refractivity contribution in [1.29, 1.82) is 0 Å². The summed E-state index contributed by atoms with van der Waals surface area (Å²) >= 11 is 0. The van der Waals surface area contributed by atoms with E-state index in [2.05, 4.69) is 23.0 Å². The molecule has 0 spiro atoms. The summed E-state index contributed by atoms with van der Waals surface area (Å²) in [5, 5.41) is 14.8. The smallest absolute Gasteiger partial charge is 0.253 e.